The quantitative estimate of drug-likeness (QED) is 0.274. The van der Waals surface area contributed by atoms with Crippen LogP contribution in [0, 0.1) is 11.8 Å². The van der Waals surface area contributed by atoms with Gasteiger partial charge in [-0.1, -0.05) is 19.1 Å². The first kappa shape index (κ1) is 28.7. The number of hydrogen-bond acceptors (Lipinski definition) is 6. The van der Waals surface area contributed by atoms with Gasteiger partial charge in [0.05, 0.1) is 53.8 Å². The molecular formula is C21H26B6INO4S. The Morgan fingerprint density at radius 1 is 1.15 bits per heavy atom. The maximum atomic E-state index is 10.8. The van der Waals surface area contributed by atoms with Gasteiger partial charge in [-0.15, -0.1) is 0 Å². The van der Waals surface area contributed by atoms with Crippen molar-refractivity contribution in [1.29, 1.82) is 0 Å². The number of hydrogen-bond donors (Lipinski definition) is 1. The molecule has 12 radical (unpaired) electrons. The van der Waals surface area contributed by atoms with Gasteiger partial charge in [0.25, 0.3) is 0 Å². The van der Waals surface area contributed by atoms with E-state index >= 15 is 0 Å². The van der Waals surface area contributed by atoms with Crippen molar-refractivity contribution in [3.8, 4) is 11.5 Å². The Labute approximate surface area is 228 Å². The van der Waals surface area contributed by atoms with Crippen molar-refractivity contribution < 1.29 is 18.8 Å². The molecule has 5 nitrogen and oxygen atoms in total. The van der Waals surface area contributed by atoms with Crippen molar-refractivity contribution in [2.45, 2.75) is 61.3 Å². The van der Waals surface area contributed by atoms with Crippen LogP contribution in [0.3, 0.4) is 0 Å². The van der Waals surface area contributed by atoms with Crippen molar-refractivity contribution in [3.05, 3.63) is 23.3 Å². The lowest BCUT2D eigenvalue weighted by Crippen LogP contribution is -2.62. The van der Waals surface area contributed by atoms with Gasteiger partial charge in [-0.2, -0.15) is 0 Å². The summed E-state index contributed by atoms with van der Waals surface area (Å²) < 4.78 is 16.6. The summed E-state index contributed by atoms with van der Waals surface area (Å²) in [4.78, 5) is 2.44. The van der Waals surface area contributed by atoms with Crippen LogP contribution in [0.2, 0.25) is 5.21 Å². The van der Waals surface area contributed by atoms with Crippen LogP contribution in [-0.2, 0) is 10.6 Å². The first-order chi connectivity index (χ1) is 15.7. The molecule has 34 heavy (non-hydrogen) atoms. The van der Waals surface area contributed by atoms with E-state index in [0.29, 0.717) is 18.1 Å². The lowest BCUT2D eigenvalue weighted by atomic mass is 9.24. The number of aliphatic hydroxyl groups is 1. The SMILES string of the molecule is [B]C([B])(OSI)C([B])([B])C([B])([B])Oc1cc2c(cc1OC)[C@H]1C[C@@H](O)[C@H](CC(C)C)CN1CC2. The van der Waals surface area contributed by atoms with E-state index in [1.807, 2.05) is 33.3 Å². The Balaban J connectivity index is 1.89. The normalized spacial score (nSPS) is 23.9. The largest absolute Gasteiger partial charge is 0.504 e. The van der Waals surface area contributed by atoms with E-state index in [9.17, 15) is 5.11 Å². The third-order valence-corrected chi connectivity index (χ3v) is 7.77. The number of nitrogens with zero attached hydrogens (tertiary/aromatic N) is 1. The predicted molar refractivity (Wildman–Crippen MR) is 151 cm³/mol. The van der Waals surface area contributed by atoms with Crippen molar-refractivity contribution in [2.24, 2.45) is 11.8 Å². The van der Waals surface area contributed by atoms with Gasteiger partial charge in [0.2, 0.25) is 0 Å². The van der Waals surface area contributed by atoms with Gasteiger partial charge in [-0.05, 0) is 59.8 Å². The first-order valence-corrected chi connectivity index (χ1v) is 14.5. The summed E-state index contributed by atoms with van der Waals surface area (Å²) in [6.45, 7) is 6.12. The molecule has 3 rings (SSSR count). The molecule has 170 valence electrons. The molecule has 0 spiro atoms. The molecule has 1 N–H and O–H groups in total. The number of benzene rings is 1. The van der Waals surface area contributed by atoms with Gasteiger partial charge < -0.3 is 18.8 Å². The maximum absolute atomic E-state index is 10.8. The summed E-state index contributed by atoms with van der Waals surface area (Å²) in [7, 11) is 38.8. The van der Waals surface area contributed by atoms with E-state index in [1.165, 1.54) is 7.11 Å². The van der Waals surface area contributed by atoms with Crippen LogP contribution >= 0.6 is 30.4 Å². The Morgan fingerprint density at radius 2 is 1.82 bits per heavy atom. The molecule has 0 unspecified atom stereocenters. The molecule has 0 saturated carbocycles. The molecule has 0 aliphatic carbocycles. The fourth-order valence-corrected chi connectivity index (χ4v) is 6.00. The molecule has 3 atom stereocenters. The second-order valence-electron chi connectivity index (χ2n) is 9.86. The Kier molecular flexibility index (Phi) is 9.20. The molecule has 1 aromatic rings. The van der Waals surface area contributed by atoms with Crippen LogP contribution in [0.1, 0.15) is 43.9 Å². The van der Waals surface area contributed by atoms with Gasteiger partial charge in [0, 0.05) is 45.7 Å². The minimum atomic E-state index is -2.21. The zero-order valence-electron chi connectivity index (χ0n) is 19.9. The Bertz CT molecular complexity index is 878. The topological polar surface area (TPSA) is 51.2 Å². The van der Waals surface area contributed by atoms with E-state index < -0.39 is 16.0 Å². The second-order valence-corrected chi connectivity index (χ2v) is 11.2. The average molecular weight is 580 g/mol. The maximum Gasteiger partial charge on any atom is 0.161 e. The summed E-state index contributed by atoms with van der Waals surface area (Å²) in [5.41, 5.74) is 2.13. The summed E-state index contributed by atoms with van der Waals surface area (Å²) in [6, 6.07) is 3.81. The molecule has 1 aromatic carbocycles. The van der Waals surface area contributed by atoms with Gasteiger partial charge in [-0.25, -0.2) is 0 Å². The van der Waals surface area contributed by atoms with Crippen LogP contribution in [0.15, 0.2) is 12.1 Å². The highest BCUT2D eigenvalue weighted by Crippen LogP contribution is 2.47. The number of fused-ring (bicyclic) bond motifs is 3. The monoisotopic (exact) mass is 581 g/mol. The number of ether oxygens (including phenoxy) is 2. The van der Waals surface area contributed by atoms with Crippen molar-refractivity contribution in [3.63, 3.8) is 0 Å². The Morgan fingerprint density at radius 3 is 2.41 bits per heavy atom. The second kappa shape index (κ2) is 10.9. The molecule has 1 fully saturated rings. The number of rotatable bonds is 9. The van der Waals surface area contributed by atoms with Crippen molar-refractivity contribution in [1.82, 2.24) is 4.90 Å². The fourth-order valence-electron chi connectivity index (χ4n) is 4.87. The average Bonchev–Trinajstić information content (AvgIpc) is 2.73. The summed E-state index contributed by atoms with van der Waals surface area (Å²) >= 11 is 1.82. The van der Waals surface area contributed by atoms with E-state index in [1.54, 1.807) is 0 Å². The molecule has 2 aliphatic heterocycles. The van der Waals surface area contributed by atoms with E-state index in [4.69, 9.17) is 60.7 Å². The number of piperidine rings is 1. The van der Waals surface area contributed by atoms with Gasteiger partial charge in [0.15, 0.2) is 11.5 Å². The highest BCUT2D eigenvalue weighted by atomic mass is 127. The third-order valence-electron chi connectivity index (χ3n) is 6.89. The van der Waals surface area contributed by atoms with Crippen LogP contribution < -0.4 is 9.47 Å². The first-order valence-electron chi connectivity index (χ1n) is 11.3. The van der Waals surface area contributed by atoms with Crippen LogP contribution in [-0.4, -0.2) is 94.2 Å². The Hall–Kier alpha value is 0.170. The molecule has 13 heteroatoms. The van der Waals surface area contributed by atoms with Crippen LogP contribution in [0.5, 0.6) is 11.5 Å². The molecule has 2 aliphatic rings. The predicted octanol–water partition coefficient (Wildman–Crippen LogP) is 1.85. The van der Waals surface area contributed by atoms with Crippen LogP contribution in [0.4, 0.5) is 0 Å². The molecule has 1 saturated heterocycles. The molecule has 0 amide bonds. The fraction of sp³-hybridized carbons (Fsp3) is 0.714. The van der Waals surface area contributed by atoms with E-state index in [-0.39, 0.29) is 23.8 Å². The zero-order valence-corrected chi connectivity index (χ0v) is 22.8. The van der Waals surface area contributed by atoms with Gasteiger partial charge >= 0.3 is 0 Å². The lowest BCUT2D eigenvalue weighted by molar-refractivity contribution is -0.0192. The highest BCUT2D eigenvalue weighted by molar-refractivity contribution is 14.2. The van der Waals surface area contributed by atoms with Gasteiger partial charge in [-0.3, -0.25) is 4.90 Å². The summed E-state index contributed by atoms with van der Waals surface area (Å²) in [5.74, 6) is 1.47. The van der Waals surface area contributed by atoms with Gasteiger partial charge in [0.1, 0.15) is 15.7 Å². The number of aliphatic hydroxyl groups excluding tert-OH is 1. The third kappa shape index (κ3) is 5.68. The summed E-state index contributed by atoms with van der Waals surface area (Å²) in [5, 5.41) is 4.34. The smallest absolute Gasteiger partial charge is 0.161 e. The van der Waals surface area contributed by atoms with Crippen LogP contribution in [0.25, 0.3) is 0 Å². The van der Waals surface area contributed by atoms with E-state index in [2.05, 4.69) is 18.7 Å². The molecule has 0 aromatic heterocycles. The standard InChI is InChI=1S/C21H26B6INO4S/c1-11(2)6-13-10-29-5-4-12-7-18(17(31-3)8-14(12)15(29)9-16(13)30)32-20(24,25)19(22,23)21(26,27)33-34-28/h7-8,11,13,15-16,30H,4-6,9-10H2,1-3H3/t13-,15-,16-/m1/s1. The molecule has 2 heterocycles. The minimum absolute atomic E-state index is 0.0866. The highest BCUT2D eigenvalue weighted by Gasteiger charge is 2.48. The minimum Gasteiger partial charge on any atom is -0.504 e. The number of halogens is 1. The van der Waals surface area contributed by atoms with Crippen molar-refractivity contribution in [2.75, 3.05) is 20.2 Å². The molecule has 0 bridgehead atoms. The molecular weight excluding hydrogens is 554 g/mol. The van der Waals surface area contributed by atoms with Crippen molar-refractivity contribution >= 4 is 77.5 Å². The zero-order chi connectivity index (χ0) is 25.5. The van der Waals surface area contributed by atoms with E-state index in [0.717, 1.165) is 46.3 Å². The number of methoxy groups -OCH3 is 1. The lowest BCUT2D eigenvalue weighted by Gasteiger charge is -2.53. The summed E-state index contributed by atoms with van der Waals surface area (Å²) in [6.07, 6.45) is 2.10.